The number of carbonyl (C=O) groups excluding carboxylic acids is 1. The highest BCUT2D eigenvalue weighted by atomic mass is 32.2. The van der Waals surface area contributed by atoms with E-state index in [2.05, 4.69) is 4.72 Å². The van der Waals surface area contributed by atoms with Gasteiger partial charge in [0, 0.05) is 11.3 Å². The van der Waals surface area contributed by atoms with Crippen molar-refractivity contribution in [3.05, 3.63) is 71.1 Å². The van der Waals surface area contributed by atoms with Gasteiger partial charge < -0.3 is 5.32 Å². The molecule has 2 N–H and O–H groups in total. The highest BCUT2D eigenvalue weighted by Crippen LogP contribution is 2.15. The van der Waals surface area contributed by atoms with Crippen LogP contribution < -0.4 is 10.0 Å². The van der Waals surface area contributed by atoms with Crippen LogP contribution in [0.15, 0.2) is 60.0 Å². The summed E-state index contributed by atoms with van der Waals surface area (Å²) >= 11 is 0. The quantitative estimate of drug-likeness (QED) is 0.802. The van der Waals surface area contributed by atoms with Crippen LogP contribution in [0.2, 0.25) is 0 Å². The minimum Gasteiger partial charge on any atom is -0.343 e. The minimum atomic E-state index is -4.50. The lowest BCUT2D eigenvalue weighted by atomic mass is 10.2. The number of hydrogen-bond donors (Lipinski definition) is 2. The van der Waals surface area contributed by atoms with Gasteiger partial charge in [-0.2, -0.15) is 13.2 Å². The number of nitrogens with one attached hydrogen (secondary N) is 2. The lowest BCUT2D eigenvalue weighted by Gasteiger charge is -2.09. The third kappa shape index (κ3) is 6.60. The van der Waals surface area contributed by atoms with Gasteiger partial charge >= 0.3 is 6.18 Å². The van der Waals surface area contributed by atoms with E-state index >= 15 is 0 Å². The summed E-state index contributed by atoms with van der Waals surface area (Å²) in [5, 5.41) is 2.72. The molecule has 0 spiro atoms. The maximum Gasteiger partial charge on any atom is 0.405 e. The monoisotopic (exact) mass is 384 g/mol. The first-order chi connectivity index (χ1) is 12.1. The molecule has 0 saturated carbocycles. The number of sulfonamides is 1. The second-order valence-corrected chi connectivity index (χ2v) is 6.80. The normalized spacial score (nSPS) is 12.1. The Hall–Kier alpha value is -2.81. The summed E-state index contributed by atoms with van der Waals surface area (Å²) < 4.78 is 62.5. The first kappa shape index (κ1) is 19.5. The van der Waals surface area contributed by atoms with Gasteiger partial charge in [-0.25, -0.2) is 8.42 Å². The van der Waals surface area contributed by atoms with Crippen LogP contribution in [0.5, 0.6) is 0 Å². The van der Waals surface area contributed by atoms with Gasteiger partial charge in [0.25, 0.3) is 15.9 Å². The molecule has 9 heteroatoms. The minimum absolute atomic E-state index is 0.0166. The standard InChI is InChI=1S/C17H15F3N2O3S/c18-17(19,20)12-21-16(23)14-6-8-15(9-7-14)22-26(24,25)11-10-13-4-2-1-3-5-13/h1-11,22H,12H2,(H,21,23)/b11-10+. The molecule has 2 rings (SSSR count). The number of amides is 1. The van der Waals surface area contributed by atoms with Crippen molar-refractivity contribution in [2.75, 3.05) is 11.3 Å². The summed E-state index contributed by atoms with van der Waals surface area (Å²) in [6.07, 6.45) is -3.09. The van der Waals surface area contributed by atoms with E-state index in [0.29, 0.717) is 5.56 Å². The van der Waals surface area contributed by atoms with Crippen molar-refractivity contribution in [3.8, 4) is 0 Å². The molecular formula is C17H15F3N2O3S. The van der Waals surface area contributed by atoms with Gasteiger partial charge in [-0.15, -0.1) is 0 Å². The number of anilines is 1. The van der Waals surface area contributed by atoms with Gasteiger partial charge in [-0.05, 0) is 35.9 Å². The Morgan fingerprint density at radius 2 is 1.62 bits per heavy atom. The van der Waals surface area contributed by atoms with Gasteiger partial charge in [-0.3, -0.25) is 9.52 Å². The molecule has 0 fully saturated rings. The number of benzene rings is 2. The molecule has 1 amide bonds. The Kier molecular flexibility index (Phi) is 6.04. The van der Waals surface area contributed by atoms with Gasteiger partial charge in [0.05, 0.1) is 5.41 Å². The van der Waals surface area contributed by atoms with Crippen LogP contribution in [0.4, 0.5) is 18.9 Å². The van der Waals surface area contributed by atoms with Crippen molar-refractivity contribution in [2.24, 2.45) is 0 Å². The molecule has 0 atom stereocenters. The Balaban J connectivity index is 2.00. The first-order valence-corrected chi connectivity index (χ1v) is 8.90. The molecule has 0 aliphatic carbocycles. The van der Waals surface area contributed by atoms with Crippen LogP contribution in [0.3, 0.4) is 0 Å². The lowest BCUT2D eigenvalue weighted by molar-refractivity contribution is -0.123. The first-order valence-electron chi connectivity index (χ1n) is 7.36. The fourth-order valence-electron chi connectivity index (χ4n) is 1.90. The molecule has 0 aliphatic heterocycles. The van der Waals surface area contributed by atoms with Crippen LogP contribution in [-0.2, 0) is 10.0 Å². The zero-order valence-electron chi connectivity index (χ0n) is 13.3. The van der Waals surface area contributed by atoms with Gasteiger partial charge in [-0.1, -0.05) is 30.3 Å². The average molecular weight is 384 g/mol. The van der Waals surface area contributed by atoms with Crippen molar-refractivity contribution in [1.29, 1.82) is 0 Å². The summed E-state index contributed by atoms with van der Waals surface area (Å²) in [5.74, 6) is -0.902. The smallest absolute Gasteiger partial charge is 0.343 e. The Bertz CT molecular complexity index is 878. The van der Waals surface area contributed by atoms with Crippen molar-refractivity contribution < 1.29 is 26.4 Å². The number of hydrogen-bond acceptors (Lipinski definition) is 3. The molecule has 5 nitrogen and oxygen atoms in total. The molecule has 2 aromatic carbocycles. The molecular weight excluding hydrogens is 369 g/mol. The van der Waals surface area contributed by atoms with Crippen molar-refractivity contribution in [1.82, 2.24) is 5.32 Å². The van der Waals surface area contributed by atoms with E-state index in [9.17, 15) is 26.4 Å². The number of alkyl halides is 3. The van der Waals surface area contributed by atoms with Crippen LogP contribution in [0, 0.1) is 0 Å². The van der Waals surface area contributed by atoms with E-state index in [4.69, 9.17) is 0 Å². The van der Waals surface area contributed by atoms with Crippen molar-refractivity contribution >= 4 is 27.7 Å². The molecule has 26 heavy (non-hydrogen) atoms. The van der Waals surface area contributed by atoms with Crippen molar-refractivity contribution in [2.45, 2.75) is 6.18 Å². The molecule has 0 radical (unpaired) electrons. The summed E-state index contributed by atoms with van der Waals surface area (Å²) in [4.78, 5) is 11.6. The van der Waals surface area contributed by atoms with Gasteiger partial charge in [0.15, 0.2) is 0 Å². The predicted octanol–water partition coefficient (Wildman–Crippen LogP) is 3.39. The predicted molar refractivity (Wildman–Crippen MR) is 92.8 cm³/mol. The third-order valence-corrected chi connectivity index (χ3v) is 4.11. The summed E-state index contributed by atoms with van der Waals surface area (Å²) in [6, 6.07) is 13.8. The fourth-order valence-corrected chi connectivity index (χ4v) is 2.77. The Morgan fingerprint density at radius 3 is 2.19 bits per heavy atom. The maximum absolute atomic E-state index is 12.1. The zero-order chi connectivity index (χ0) is 19.2. The molecule has 0 heterocycles. The molecule has 138 valence electrons. The second-order valence-electron chi connectivity index (χ2n) is 5.24. The molecule has 0 aliphatic rings. The highest BCUT2D eigenvalue weighted by Gasteiger charge is 2.27. The van der Waals surface area contributed by atoms with E-state index < -0.39 is 28.7 Å². The van der Waals surface area contributed by atoms with Gasteiger partial charge in [0.2, 0.25) is 0 Å². The summed E-state index contributed by atoms with van der Waals surface area (Å²) in [5.41, 5.74) is 0.863. The molecule has 0 aromatic heterocycles. The van der Waals surface area contributed by atoms with E-state index in [0.717, 1.165) is 5.41 Å². The SMILES string of the molecule is O=C(NCC(F)(F)F)c1ccc(NS(=O)(=O)/C=C/c2ccccc2)cc1. The van der Waals surface area contributed by atoms with E-state index in [1.807, 2.05) is 0 Å². The molecule has 2 aromatic rings. The number of halogens is 3. The molecule has 0 bridgehead atoms. The van der Waals surface area contributed by atoms with Crippen LogP contribution in [0.25, 0.3) is 6.08 Å². The Labute approximate surface area is 148 Å². The second kappa shape index (κ2) is 8.05. The average Bonchev–Trinajstić information content (AvgIpc) is 2.59. The molecule has 0 saturated heterocycles. The highest BCUT2D eigenvalue weighted by molar-refractivity contribution is 7.95. The topological polar surface area (TPSA) is 75.3 Å². The molecule has 0 unspecified atom stereocenters. The number of rotatable bonds is 6. The largest absolute Gasteiger partial charge is 0.405 e. The van der Waals surface area contributed by atoms with E-state index in [1.165, 1.54) is 30.3 Å². The van der Waals surface area contributed by atoms with E-state index in [1.54, 1.807) is 35.6 Å². The third-order valence-electron chi connectivity index (χ3n) is 3.10. The Morgan fingerprint density at radius 1 is 1.00 bits per heavy atom. The van der Waals surface area contributed by atoms with Crippen LogP contribution >= 0.6 is 0 Å². The fraction of sp³-hybridized carbons (Fsp3) is 0.118. The van der Waals surface area contributed by atoms with E-state index in [-0.39, 0.29) is 11.3 Å². The van der Waals surface area contributed by atoms with Crippen molar-refractivity contribution in [3.63, 3.8) is 0 Å². The maximum atomic E-state index is 12.1. The van der Waals surface area contributed by atoms with Crippen LogP contribution in [0.1, 0.15) is 15.9 Å². The van der Waals surface area contributed by atoms with Crippen LogP contribution in [-0.4, -0.2) is 27.0 Å². The zero-order valence-corrected chi connectivity index (χ0v) is 14.1. The summed E-state index contributed by atoms with van der Waals surface area (Å²) in [7, 11) is -3.78. The number of carbonyl (C=O) groups is 1. The lowest BCUT2D eigenvalue weighted by Crippen LogP contribution is -2.33. The summed E-state index contributed by atoms with van der Waals surface area (Å²) in [6.45, 7) is -1.44. The van der Waals surface area contributed by atoms with Gasteiger partial charge in [0.1, 0.15) is 6.54 Å².